The van der Waals surface area contributed by atoms with Gasteiger partial charge in [0.2, 0.25) is 0 Å². The molecular weight excluding hydrogens is 434 g/mol. The van der Waals surface area contributed by atoms with Gasteiger partial charge in [0.25, 0.3) is 5.56 Å². The summed E-state index contributed by atoms with van der Waals surface area (Å²) in [4.78, 5) is 29.4. The summed E-state index contributed by atoms with van der Waals surface area (Å²) in [5.41, 5.74) is 1.05. The summed E-state index contributed by atoms with van der Waals surface area (Å²) in [6.45, 7) is 4.89. The number of aromatic nitrogens is 4. The van der Waals surface area contributed by atoms with Crippen LogP contribution in [0.1, 0.15) is 18.3 Å². The van der Waals surface area contributed by atoms with Crippen LogP contribution in [0.15, 0.2) is 47.4 Å². The van der Waals surface area contributed by atoms with Gasteiger partial charge in [-0.15, -0.1) is 0 Å². The molecule has 0 spiro atoms. The minimum absolute atomic E-state index is 0.0695. The summed E-state index contributed by atoms with van der Waals surface area (Å²) in [7, 11) is 0. The number of carbonyl (C=O) groups is 1. The van der Waals surface area contributed by atoms with Gasteiger partial charge in [0.1, 0.15) is 23.0 Å². The van der Waals surface area contributed by atoms with Crippen molar-refractivity contribution >= 4 is 11.6 Å². The third-order valence-corrected chi connectivity index (χ3v) is 4.93. The van der Waals surface area contributed by atoms with E-state index in [0.29, 0.717) is 11.4 Å². The molecular formula is C23H20F2N4O4. The van der Waals surface area contributed by atoms with E-state index in [1.807, 2.05) is 0 Å². The molecule has 0 saturated heterocycles. The lowest BCUT2D eigenvalue weighted by molar-refractivity contribution is -0.145. The van der Waals surface area contributed by atoms with E-state index in [1.165, 1.54) is 15.3 Å². The monoisotopic (exact) mass is 454 g/mol. The number of halogens is 2. The fraction of sp³-hybridized carbons (Fsp3) is 0.217. The van der Waals surface area contributed by atoms with Gasteiger partial charge in [0, 0.05) is 18.0 Å². The maximum absolute atomic E-state index is 14.3. The molecule has 0 fully saturated rings. The number of rotatable bonds is 6. The van der Waals surface area contributed by atoms with Crippen LogP contribution in [0.5, 0.6) is 5.75 Å². The quantitative estimate of drug-likeness (QED) is 0.415. The number of hydrogen-bond acceptors (Lipinski definition) is 6. The molecule has 33 heavy (non-hydrogen) atoms. The Labute approximate surface area is 187 Å². The standard InChI is InChI=1S/C23H20F2N4O4/c1-4-32-20(30)12-33-19-6-5-9-28-22(19)26-14(3)21(23(28)31)17-10-13(2)29(27-17)18-11-15(24)7-8-16(18)25/h5-11H,4,12H2,1-3H3. The lowest BCUT2D eigenvalue weighted by Crippen LogP contribution is -2.21. The van der Waals surface area contributed by atoms with Crippen molar-refractivity contribution in [2.24, 2.45) is 0 Å². The van der Waals surface area contributed by atoms with Gasteiger partial charge < -0.3 is 9.47 Å². The minimum atomic E-state index is -0.650. The summed E-state index contributed by atoms with van der Waals surface area (Å²) >= 11 is 0. The Balaban J connectivity index is 1.79. The van der Waals surface area contributed by atoms with Gasteiger partial charge in [-0.1, -0.05) is 0 Å². The van der Waals surface area contributed by atoms with E-state index >= 15 is 0 Å². The molecule has 4 aromatic rings. The Hall–Kier alpha value is -4.08. The lowest BCUT2D eigenvalue weighted by atomic mass is 10.1. The SMILES string of the molecule is CCOC(=O)COc1cccn2c(=O)c(-c3cc(C)n(-c4cc(F)ccc4F)n3)c(C)nc12. The second-order valence-corrected chi connectivity index (χ2v) is 7.22. The van der Waals surface area contributed by atoms with Crippen LogP contribution in [-0.4, -0.2) is 38.3 Å². The number of carbonyl (C=O) groups excluding carboxylic acids is 1. The second kappa shape index (κ2) is 8.81. The zero-order chi connectivity index (χ0) is 23.7. The molecule has 1 aromatic carbocycles. The van der Waals surface area contributed by atoms with Crippen LogP contribution in [-0.2, 0) is 9.53 Å². The van der Waals surface area contributed by atoms with Crippen LogP contribution in [0.25, 0.3) is 22.6 Å². The average Bonchev–Trinajstić information content (AvgIpc) is 3.15. The highest BCUT2D eigenvalue weighted by Gasteiger charge is 2.20. The summed E-state index contributed by atoms with van der Waals surface area (Å²) in [6.07, 6.45) is 1.51. The molecule has 0 aliphatic rings. The molecule has 170 valence electrons. The molecule has 0 amide bonds. The number of hydrogen-bond donors (Lipinski definition) is 0. The van der Waals surface area contributed by atoms with Crippen molar-refractivity contribution in [1.29, 1.82) is 0 Å². The van der Waals surface area contributed by atoms with Gasteiger partial charge in [-0.2, -0.15) is 5.10 Å². The van der Waals surface area contributed by atoms with E-state index in [-0.39, 0.29) is 41.6 Å². The Morgan fingerprint density at radius 2 is 1.94 bits per heavy atom. The maximum atomic E-state index is 14.3. The molecule has 8 nitrogen and oxygen atoms in total. The molecule has 0 saturated carbocycles. The van der Waals surface area contributed by atoms with E-state index in [4.69, 9.17) is 9.47 Å². The van der Waals surface area contributed by atoms with E-state index in [1.54, 1.807) is 39.0 Å². The maximum Gasteiger partial charge on any atom is 0.344 e. The number of fused-ring (bicyclic) bond motifs is 1. The first-order chi connectivity index (χ1) is 15.8. The van der Waals surface area contributed by atoms with Crippen LogP contribution in [0.2, 0.25) is 0 Å². The van der Waals surface area contributed by atoms with Gasteiger partial charge in [-0.05, 0) is 51.1 Å². The molecule has 10 heteroatoms. The predicted octanol–water partition coefficient (Wildman–Crippen LogP) is 3.38. The van der Waals surface area contributed by atoms with Crippen molar-refractivity contribution in [3.8, 4) is 22.7 Å². The van der Waals surface area contributed by atoms with Crippen molar-refractivity contribution in [2.45, 2.75) is 20.8 Å². The Morgan fingerprint density at radius 1 is 1.15 bits per heavy atom. The van der Waals surface area contributed by atoms with Crippen molar-refractivity contribution < 1.29 is 23.0 Å². The summed E-state index contributed by atoms with van der Waals surface area (Å²) in [5, 5.41) is 4.35. The van der Waals surface area contributed by atoms with Gasteiger partial charge in [-0.3, -0.25) is 9.20 Å². The molecule has 0 N–H and O–H groups in total. The Morgan fingerprint density at radius 3 is 2.70 bits per heavy atom. The van der Waals surface area contributed by atoms with E-state index < -0.39 is 23.2 Å². The zero-order valence-corrected chi connectivity index (χ0v) is 18.1. The minimum Gasteiger partial charge on any atom is -0.478 e. The van der Waals surface area contributed by atoms with Crippen LogP contribution in [0, 0.1) is 25.5 Å². The third kappa shape index (κ3) is 4.19. The van der Waals surface area contributed by atoms with Crippen LogP contribution in [0.3, 0.4) is 0 Å². The molecule has 0 aliphatic carbocycles. The second-order valence-electron chi connectivity index (χ2n) is 7.22. The topological polar surface area (TPSA) is 87.7 Å². The Bertz CT molecular complexity index is 1430. The van der Waals surface area contributed by atoms with Crippen LogP contribution >= 0.6 is 0 Å². The Kier molecular flexibility index (Phi) is 5.91. The normalized spacial score (nSPS) is 11.1. The van der Waals surface area contributed by atoms with E-state index in [9.17, 15) is 18.4 Å². The fourth-order valence-electron chi connectivity index (χ4n) is 3.48. The number of ether oxygens (including phenoxy) is 2. The average molecular weight is 454 g/mol. The van der Waals surface area contributed by atoms with Crippen LogP contribution < -0.4 is 10.3 Å². The zero-order valence-electron chi connectivity index (χ0n) is 18.1. The highest BCUT2D eigenvalue weighted by atomic mass is 19.1. The largest absolute Gasteiger partial charge is 0.478 e. The molecule has 0 radical (unpaired) electrons. The van der Waals surface area contributed by atoms with Crippen molar-refractivity contribution in [3.05, 3.63) is 76.0 Å². The number of benzene rings is 1. The van der Waals surface area contributed by atoms with Crippen molar-refractivity contribution in [1.82, 2.24) is 19.2 Å². The van der Waals surface area contributed by atoms with E-state index in [2.05, 4.69) is 10.1 Å². The van der Waals surface area contributed by atoms with E-state index in [0.717, 1.165) is 18.2 Å². The van der Waals surface area contributed by atoms with Gasteiger partial charge in [0.05, 0.1) is 17.9 Å². The molecule has 0 aliphatic heterocycles. The highest BCUT2D eigenvalue weighted by molar-refractivity contribution is 5.72. The van der Waals surface area contributed by atoms with Gasteiger partial charge in [0.15, 0.2) is 18.0 Å². The van der Waals surface area contributed by atoms with Gasteiger partial charge in [-0.25, -0.2) is 23.2 Å². The number of aryl methyl sites for hydroxylation is 2. The third-order valence-electron chi connectivity index (χ3n) is 4.93. The van der Waals surface area contributed by atoms with Crippen molar-refractivity contribution in [2.75, 3.05) is 13.2 Å². The van der Waals surface area contributed by atoms with Crippen molar-refractivity contribution in [3.63, 3.8) is 0 Å². The molecule has 4 rings (SSSR count). The first-order valence-corrected chi connectivity index (χ1v) is 10.1. The number of pyridine rings is 1. The molecule has 3 heterocycles. The molecule has 0 unspecified atom stereocenters. The molecule has 3 aromatic heterocycles. The smallest absolute Gasteiger partial charge is 0.344 e. The first-order valence-electron chi connectivity index (χ1n) is 10.1. The summed E-state index contributed by atoms with van der Waals surface area (Å²) in [6, 6.07) is 7.84. The number of nitrogens with zero attached hydrogens (tertiary/aromatic N) is 4. The van der Waals surface area contributed by atoms with Gasteiger partial charge >= 0.3 is 5.97 Å². The predicted molar refractivity (Wildman–Crippen MR) is 116 cm³/mol. The number of esters is 1. The fourth-order valence-corrected chi connectivity index (χ4v) is 3.48. The summed E-state index contributed by atoms with van der Waals surface area (Å²) < 4.78 is 40.8. The summed E-state index contributed by atoms with van der Waals surface area (Å²) in [5.74, 6) is -1.56. The highest BCUT2D eigenvalue weighted by Crippen LogP contribution is 2.25. The first kappa shape index (κ1) is 22.1. The molecule has 0 bridgehead atoms. The lowest BCUT2D eigenvalue weighted by Gasteiger charge is -2.11. The molecule has 0 atom stereocenters. The van der Waals surface area contributed by atoms with Crippen LogP contribution in [0.4, 0.5) is 8.78 Å².